The molecule has 0 spiro atoms. The summed E-state index contributed by atoms with van der Waals surface area (Å²) in [6, 6.07) is 8.14. The van der Waals surface area contributed by atoms with E-state index in [1.807, 2.05) is 19.1 Å². The van der Waals surface area contributed by atoms with Crippen molar-refractivity contribution in [2.75, 3.05) is 18.5 Å². The van der Waals surface area contributed by atoms with Crippen LogP contribution in [-0.2, 0) is 15.7 Å². The lowest BCUT2D eigenvalue weighted by atomic mass is 10.1. The first-order valence-corrected chi connectivity index (χ1v) is 8.84. The highest BCUT2D eigenvalue weighted by molar-refractivity contribution is 6.33. The van der Waals surface area contributed by atoms with Crippen LogP contribution in [0.1, 0.15) is 18.1 Å². The van der Waals surface area contributed by atoms with Gasteiger partial charge in [0.05, 0.1) is 17.2 Å². The Hall–Kier alpha value is -2.74. The van der Waals surface area contributed by atoms with Gasteiger partial charge in [0.1, 0.15) is 18.1 Å². The Labute approximate surface area is 164 Å². The van der Waals surface area contributed by atoms with Gasteiger partial charge in [0.15, 0.2) is 5.65 Å². The first-order valence-electron chi connectivity index (χ1n) is 8.46. The fraction of sp³-hybridized carbons (Fsp3) is 0.263. The van der Waals surface area contributed by atoms with Gasteiger partial charge >= 0.3 is 12.1 Å². The molecule has 9 heteroatoms. The molecule has 0 aliphatic carbocycles. The molecule has 0 saturated carbocycles. The second-order valence-corrected chi connectivity index (χ2v) is 6.51. The predicted octanol–water partition coefficient (Wildman–Crippen LogP) is 4.96. The Balaban J connectivity index is 2.17. The number of halogens is 4. The minimum atomic E-state index is -4.58. The van der Waals surface area contributed by atoms with Gasteiger partial charge in [-0.05, 0) is 19.9 Å². The number of aromatic nitrogens is 2. The summed E-state index contributed by atoms with van der Waals surface area (Å²) in [5, 5.41) is 2.69. The number of rotatable bonds is 5. The number of carbonyl (C=O) groups is 1. The molecule has 1 N–H and O–H groups in total. The van der Waals surface area contributed by atoms with E-state index < -0.39 is 17.7 Å². The third-order valence-corrected chi connectivity index (χ3v) is 4.31. The summed E-state index contributed by atoms with van der Waals surface area (Å²) < 4.78 is 45.8. The standard InChI is InChI=1S/C19H17ClF3N3O2/c1-3-28-15(27)9-24-18-16(12-6-4-11(2)5-7-12)25-17-14(20)8-13(10-26(17)18)19(21,22)23/h4-8,10,24H,3,9H2,1-2H3. The number of imidazole rings is 1. The average molecular weight is 412 g/mol. The number of hydrogen-bond acceptors (Lipinski definition) is 4. The lowest BCUT2D eigenvalue weighted by Crippen LogP contribution is -2.18. The van der Waals surface area contributed by atoms with Gasteiger partial charge in [0.25, 0.3) is 0 Å². The summed E-state index contributed by atoms with van der Waals surface area (Å²) in [7, 11) is 0. The summed E-state index contributed by atoms with van der Waals surface area (Å²) >= 11 is 6.08. The van der Waals surface area contributed by atoms with Gasteiger partial charge in [-0.3, -0.25) is 9.20 Å². The molecule has 2 aromatic heterocycles. The van der Waals surface area contributed by atoms with Crippen molar-refractivity contribution in [1.82, 2.24) is 9.38 Å². The number of hydrogen-bond donors (Lipinski definition) is 1. The van der Waals surface area contributed by atoms with E-state index in [1.165, 1.54) is 4.40 Å². The zero-order chi connectivity index (χ0) is 20.5. The van der Waals surface area contributed by atoms with Crippen LogP contribution < -0.4 is 5.32 Å². The van der Waals surface area contributed by atoms with Crippen LogP contribution >= 0.6 is 11.6 Å². The van der Waals surface area contributed by atoms with Gasteiger partial charge in [-0.25, -0.2) is 4.98 Å². The molecule has 0 fully saturated rings. The molecule has 3 aromatic rings. The van der Waals surface area contributed by atoms with Crippen molar-refractivity contribution in [1.29, 1.82) is 0 Å². The van der Waals surface area contributed by atoms with Crippen molar-refractivity contribution < 1.29 is 22.7 Å². The lowest BCUT2D eigenvalue weighted by Gasteiger charge is -2.11. The molecular formula is C19H17ClF3N3O2. The van der Waals surface area contributed by atoms with Gasteiger partial charge < -0.3 is 10.1 Å². The van der Waals surface area contributed by atoms with Crippen molar-refractivity contribution in [2.45, 2.75) is 20.0 Å². The van der Waals surface area contributed by atoms with E-state index in [4.69, 9.17) is 16.3 Å². The maximum Gasteiger partial charge on any atom is 0.417 e. The van der Waals surface area contributed by atoms with Crippen molar-refractivity contribution in [3.63, 3.8) is 0 Å². The van der Waals surface area contributed by atoms with Crippen molar-refractivity contribution in [2.24, 2.45) is 0 Å². The summed E-state index contributed by atoms with van der Waals surface area (Å²) in [5.41, 5.74) is 1.30. The third-order valence-electron chi connectivity index (χ3n) is 4.03. The van der Waals surface area contributed by atoms with E-state index in [1.54, 1.807) is 19.1 Å². The maximum absolute atomic E-state index is 13.2. The Bertz CT molecular complexity index is 1010. The molecule has 0 aliphatic heterocycles. The lowest BCUT2D eigenvalue weighted by molar-refractivity contribution is -0.141. The largest absolute Gasteiger partial charge is 0.465 e. The number of esters is 1. The summed E-state index contributed by atoms with van der Waals surface area (Å²) in [6.07, 6.45) is -3.68. The first-order chi connectivity index (χ1) is 13.2. The van der Waals surface area contributed by atoms with Crippen LogP contribution in [0.2, 0.25) is 5.02 Å². The molecule has 0 bridgehead atoms. The van der Waals surface area contributed by atoms with Crippen LogP contribution in [0.15, 0.2) is 36.5 Å². The van der Waals surface area contributed by atoms with Crippen LogP contribution in [-0.4, -0.2) is 28.5 Å². The number of aryl methyl sites for hydroxylation is 1. The molecule has 0 atom stereocenters. The van der Waals surface area contributed by atoms with Crippen molar-refractivity contribution in [3.05, 3.63) is 52.7 Å². The molecule has 2 heterocycles. The molecule has 148 valence electrons. The van der Waals surface area contributed by atoms with Crippen LogP contribution in [0.4, 0.5) is 19.0 Å². The highest BCUT2D eigenvalue weighted by Gasteiger charge is 2.32. The molecule has 0 saturated heterocycles. The number of alkyl halides is 3. The van der Waals surface area contributed by atoms with Crippen LogP contribution in [0.25, 0.3) is 16.9 Å². The van der Waals surface area contributed by atoms with E-state index in [0.717, 1.165) is 17.8 Å². The van der Waals surface area contributed by atoms with Crippen LogP contribution in [0, 0.1) is 6.92 Å². The Morgan fingerprint density at radius 2 is 1.96 bits per heavy atom. The van der Waals surface area contributed by atoms with E-state index in [2.05, 4.69) is 10.3 Å². The number of pyridine rings is 1. The van der Waals surface area contributed by atoms with Gasteiger partial charge in [0, 0.05) is 11.8 Å². The van der Waals surface area contributed by atoms with Gasteiger partial charge in [-0.15, -0.1) is 0 Å². The van der Waals surface area contributed by atoms with Gasteiger partial charge in [-0.1, -0.05) is 41.4 Å². The SMILES string of the molecule is CCOC(=O)CNc1c(-c2ccc(C)cc2)nc2c(Cl)cc(C(F)(F)F)cn12. The Kier molecular flexibility index (Phi) is 5.51. The molecule has 3 rings (SSSR count). The van der Waals surface area contributed by atoms with Crippen LogP contribution in [0.3, 0.4) is 0 Å². The average Bonchev–Trinajstić information content (AvgIpc) is 2.99. The minimum Gasteiger partial charge on any atom is -0.465 e. The fourth-order valence-electron chi connectivity index (χ4n) is 2.71. The molecule has 0 aliphatic rings. The molecule has 0 radical (unpaired) electrons. The molecule has 0 unspecified atom stereocenters. The number of nitrogens with one attached hydrogen (secondary N) is 1. The maximum atomic E-state index is 13.2. The molecule has 28 heavy (non-hydrogen) atoms. The third kappa shape index (κ3) is 4.06. The molecular weight excluding hydrogens is 395 g/mol. The number of carbonyl (C=O) groups excluding carboxylic acids is 1. The van der Waals surface area contributed by atoms with E-state index in [-0.39, 0.29) is 29.6 Å². The van der Waals surface area contributed by atoms with E-state index in [0.29, 0.717) is 11.3 Å². The number of anilines is 1. The Morgan fingerprint density at radius 3 is 2.57 bits per heavy atom. The summed E-state index contributed by atoms with van der Waals surface area (Å²) in [4.78, 5) is 16.1. The number of fused-ring (bicyclic) bond motifs is 1. The topological polar surface area (TPSA) is 55.6 Å². The summed E-state index contributed by atoms with van der Waals surface area (Å²) in [6.45, 7) is 3.55. The van der Waals surface area contributed by atoms with Gasteiger partial charge in [0.2, 0.25) is 0 Å². The second kappa shape index (κ2) is 7.71. The number of ether oxygens (including phenoxy) is 1. The second-order valence-electron chi connectivity index (χ2n) is 6.10. The highest BCUT2D eigenvalue weighted by atomic mass is 35.5. The predicted molar refractivity (Wildman–Crippen MR) is 100 cm³/mol. The number of nitrogens with zero attached hydrogens (tertiary/aromatic N) is 2. The Morgan fingerprint density at radius 1 is 1.29 bits per heavy atom. The normalized spacial score (nSPS) is 11.6. The highest BCUT2D eigenvalue weighted by Crippen LogP contribution is 2.36. The minimum absolute atomic E-state index is 0.146. The van der Waals surface area contributed by atoms with Crippen molar-refractivity contribution in [3.8, 4) is 11.3 Å². The molecule has 1 aromatic carbocycles. The fourth-order valence-corrected chi connectivity index (χ4v) is 2.96. The number of benzene rings is 1. The zero-order valence-corrected chi connectivity index (χ0v) is 15.9. The quantitative estimate of drug-likeness (QED) is 0.603. The molecule has 5 nitrogen and oxygen atoms in total. The van der Waals surface area contributed by atoms with E-state index in [9.17, 15) is 18.0 Å². The first kappa shape index (κ1) is 20.0. The van der Waals surface area contributed by atoms with Crippen LogP contribution in [0.5, 0.6) is 0 Å². The molecule has 0 amide bonds. The zero-order valence-electron chi connectivity index (χ0n) is 15.1. The van der Waals surface area contributed by atoms with Gasteiger partial charge in [-0.2, -0.15) is 13.2 Å². The summed E-state index contributed by atoms with van der Waals surface area (Å²) in [5.74, 6) is -0.315. The van der Waals surface area contributed by atoms with E-state index >= 15 is 0 Å². The monoisotopic (exact) mass is 411 g/mol. The van der Waals surface area contributed by atoms with Crippen molar-refractivity contribution >= 4 is 29.0 Å². The smallest absolute Gasteiger partial charge is 0.417 e.